The molecule has 2 heterocycles. The van der Waals surface area contributed by atoms with E-state index in [1.807, 2.05) is 25.3 Å². The van der Waals surface area contributed by atoms with Crippen molar-refractivity contribution in [2.24, 2.45) is 0 Å². The van der Waals surface area contributed by atoms with Gasteiger partial charge < -0.3 is 9.47 Å². The number of ether oxygens (including phenoxy) is 2. The molecule has 0 saturated heterocycles. The number of rotatable bonds is 6. The number of methoxy groups -OCH3 is 1. The maximum Gasteiger partial charge on any atom is 0.225 e. The van der Waals surface area contributed by atoms with E-state index < -0.39 is 0 Å². The molecule has 0 atom stereocenters. The first-order valence-electron chi connectivity index (χ1n) is 6.23. The molecule has 5 nitrogen and oxygen atoms in total. The van der Waals surface area contributed by atoms with Crippen molar-refractivity contribution in [2.45, 2.75) is 13.3 Å². The molecule has 2 rings (SSSR count). The first kappa shape index (κ1) is 14.7. The highest BCUT2D eigenvalue weighted by atomic mass is 35.5. The molecule has 0 spiro atoms. The van der Waals surface area contributed by atoms with E-state index in [0.29, 0.717) is 25.5 Å². The average Bonchev–Trinajstić information content (AvgIpc) is 2.44. The summed E-state index contributed by atoms with van der Waals surface area (Å²) in [7, 11) is 1.62. The molecule has 0 radical (unpaired) electrons. The lowest BCUT2D eigenvalue weighted by Crippen LogP contribution is -2.08. The minimum Gasteiger partial charge on any atom is -0.475 e. The molecule has 0 aromatic carbocycles. The van der Waals surface area contributed by atoms with E-state index >= 15 is 0 Å². The molecule has 2 aromatic rings. The zero-order valence-electron chi connectivity index (χ0n) is 11.5. The van der Waals surface area contributed by atoms with Gasteiger partial charge in [-0.25, -0.2) is 4.98 Å². The fraction of sp³-hybridized carbons (Fsp3) is 0.357. The second-order valence-corrected chi connectivity index (χ2v) is 4.63. The highest BCUT2D eigenvalue weighted by Crippen LogP contribution is 2.20. The molecule has 2 aromatic heterocycles. The van der Waals surface area contributed by atoms with E-state index in [9.17, 15) is 0 Å². The van der Waals surface area contributed by atoms with Crippen molar-refractivity contribution >= 4 is 11.6 Å². The van der Waals surface area contributed by atoms with E-state index in [4.69, 9.17) is 21.1 Å². The summed E-state index contributed by atoms with van der Waals surface area (Å²) < 4.78 is 10.5. The van der Waals surface area contributed by atoms with Crippen LogP contribution in [0.5, 0.6) is 5.88 Å². The highest BCUT2D eigenvalue weighted by Gasteiger charge is 2.09. The van der Waals surface area contributed by atoms with Crippen LogP contribution < -0.4 is 4.74 Å². The predicted octanol–water partition coefficient (Wildman–Crippen LogP) is 2.45. The lowest BCUT2D eigenvalue weighted by Gasteiger charge is -2.10. The Morgan fingerprint density at radius 3 is 2.70 bits per heavy atom. The Bertz CT molecular complexity index is 561. The van der Waals surface area contributed by atoms with Crippen molar-refractivity contribution in [3.63, 3.8) is 0 Å². The van der Waals surface area contributed by atoms with Crippen LogP contribution in [0.2, 0.25) is 5.28 Å². The van der Waals surface area contributed by atoms with Crippen molar-refractivity contribution in [2.75, 3.05) is 20.3 Å². The molecule has 6 heteroatoms. The van der Waals surface area contributed by atoms with Gasteiger partial charge in [-0.2, -0.15) is 4.98 Å². The summed E-state index contributed by atoms with van der Waals surface area (Å²) in [5, 5.41) is 0.170. The summed E-state index contributed by atoms with van der Waals surface area (Å²) >= 11 is 5.81. The summed E-state index contributed by atoms with van der Waals surface area (Å²) in [6, 6.07) is 3.99. The highest BCUT2D eigenvalue weighted by molar-refractivity contribution is 6.28. The van der Waals surface area contributed by atoms with Gasteiger partial charge in [-0.05, 0) is 30.2 Å². The van der Waals surface area contributed by atoms with Crippen molar-refractivity contribution in [1.82, 2.24) is 15.0 Å². The molecule has 0 aliphatic carbocycles. The van der Waals surface area contributed by atoms with Gasteiger partial charge in [0, 0.05) is 37.2 Å². The Morgan fingerprint density at radius 2 is 2.00 bits per heavy atom. The number of nitrogens with zero attached hydrogens (tertiary/aromatic N) is 3. The van der Waals surface area contributed by atoms with Crippen molar-refractivity contribution in [3.05, 3.63) is 46.6 Å². The smallest absolute Gasteiger partial charge is 0.225 e. The molecule has 106 valence electrons. The third-order valence-electron chi connectivity index (χ3n) is 2.69. The van der Waals surface area contributed by atoms with E-state index in [0.717, 1.165) is 16.8 Å². The van der Waals surface area contributed by atoms with Crippen molar-refractivity contribution in [3.8, 4) is 5.88 Å². The Labute approximate surface area is 123 Å². The number of hydrogen-bond donors (Lipinski definition) is 0. The number of pyridine rings is 1. The van der Waals surface area contributed by atoms with Crippen LogP contribution in [0, 0.1) is 6.92 Å². The molecule has 0 aliphatic rings. The van der Waals surface area contributed by atoms with Gasteiger partial charge in [0.1, 0.15) is 6.61 Å². The summed E-state index contributed by atoms with van der Waals surface area (Å²) in [5.41, 5.74) is 2.92. The molecular formula is C14H16ClN3O2. The predicted molar refractivity (Wildman–Crippen MR) is 76.2 cm³/mol. The second-order valence-electron chi connectivity index (χ2n) is 4.30. The van der Waals surface area contributed by atoms with Crippen molar-refractivity contribution in [1.29, 1.82) is 0 Å². The molecule has 0 saturated carbocycles. The second kappa shape index (κ2) is 7.17. The van der Waals surface area contributed by atoms with Gasteiger partial charge in [-0.15, -0.1) is 0 Å². The van der Waals surface area contributed by atoms with Crippen molar-refractivity contribution < 1.29 is 9.47 Å². The van der Waals surface area contributed by atoms with Crippen LogP contribution in [0.1, 0.15) is 16.8 Å². The summed E-state index contributed by atoms with van der Waals surface area (Å²) in [6.07, 6.45) is 4.16. The van der Waals surface area contributed by atoms with E-state index in [-0.39, 0.29) is 5.28 Å². The minimum absolute atomic E-state index is 0.170. The third-order valence-corrected chi connectivity index (χ3v) is 2.87. The maximum atomic E-state index is 5.81. The van der Waals surface area contributed by atoms with Crippen LogP contribution in [0.25, 0.3) is 0 Å². The third kappa shape index (κ3) is 4.15. The summed E-state index contributed by atoms with van der Waals surface area (Å²) in [4.78, 5) is 12.4. The first-order valence-corrected chi connectivity index (χ1v) is 6.61. The molecule has 0 amide bonds. The van der Waals surface area contributed by atoms with Crippen LogP contribution in [-0.2, 0) is 11.2 Å². The quantitative estimate of drug-likeness (QED) is 0.605. The normalized spacial score (nSPS) is 10.6. The number of aromatic nitrogens is 3. The van der Waals surface area contributed by atoms with Gasteiger partial charge >= 0.3 is 0 Å². The Hall–Kier alpha value is -1.72. The summed E-state index contributed by atoms with van der Waals surface area (Å²) in [5.74, 6) is 0.489. The number of halogens is 1. The Kier molecular flexibility index (Phi) is 5.26. The molecule has 0 bridgehead atoms. The SMILES string of the molecule is COCCOc1nc(Cl)ncc1Cc1ccc(C)nc1. The molecule has 0 N–H and O–H groups in total. The molecule has 20 heavy (non-hydrogen) atoms. The van der Waals surface area contributed by atoms with Crippen LogP contribution in [-0.4, -0.2) is 35.3 Å². The van der Waals surface area contributed by atoms with Crippen LogP contribution in [0.3, 0.4) is 0 Å². The van der Waals surface area contributed by atoms with Gasteiger partial charge in [-0.1, -0.05) is 6.07 Å². The van der Waals surface area contributed by atoms with Gasteiger partial charge in [0.25, 0.3) is 0 Å². The van der Waals surface area contributed by atoms with Crippen LogP contribution in [0.4, 0.5) is 0 Å². The van der Waals surface area contributed by atoms with Crippen LogP contribution in [0.15, 0.2) is 24.5 Å². The Morgan fingerprint density at radius 1 is 1.15 bits per heavy atom. The molecule has 0 unspecified atom stereocenters. The molecule has 0 fully saturated rings. The van der Waals surface area contributed by atoms with Gasteiger partial charge in [0.05, 0.1) is 6.61 Å². The van der Waals surface area contributed by atoms with Gasteiger partial charge in [0.2, 0.25) is 11.2 Å². The standard InChI is InChI=1S/C14H16ClN3O2/c1-10-3-4-11(8-16-10)7-12-9-17-14(15)18-13(12)20-6-5-19-2/h3-4,8-9H,5-7H2,1-2H3. The topological polar surface area (TPSA) is 57.1 Å². The molecular weight excluding hydrogens is 278 g/mol. The van der Waals surface area contributed by atoms with E-state index in [2.05, 4.69) is 15.0 Å². The minimum atomic E-state index is 0.170. The zero-order chi connectivity index (χ0) is 14.4. The number of aryl methyl sites for hydroxylation is 1. The lowest BCUT2D eigenvalue weighted by molar-refractivity contribution is 0.143. The Balaban J connectivity index is 2.15. The fourth-order valence-corrected chi connectivity index (χ4v) is 1.79. The monoisotopic (exact) mass is 293 g/mol. The largest absolute Gasteiger partial charge is 0.475 e. The lowest BCUT2D eigenvalue weighted by atomic mass is 10.1. The zero-order valence-corrected chi connectivity index (χ0v) is 12.2. The maximum absolute atomic E-state index is 5.81. The molecule has 0 aliphatic heterocycles. The van der Waals surface area contributed by atoms with Gasteiger partial charge in [0.15, 0.2) is 0 Å². The van der Waals surface area contributed by atoms with E-state index in [1.54, 1.807) is 13.3 Å². The fourth-order valence-electron chi connectivity index (χ4n) is 1.66. The van der Waals surface area contributed by atoms with Gasteiger partial charge in [-0.3, -0.25) is 4.98 Å². The summed E-state index contributed by atoms with van der Waals surface area (Å²) in [6.45, 7) is 2.87. The average molecular weight is 294 g/mol. The van der Waals surface area contributed by atoms with Crippen LogP contribution >= 0.6 is 11.6 Å². The van der Waals surface area contributed by atoms with E-state index in [1.165, 1.54) is 0 Å². The number of hydrogen-bond acceptors (Lipinski definition) is 5. The first-order chi connectivity index (χ1) is 9.69.